The molecule has 0 bridgehead atoms. The van der Waals surface area contributed by atoms with Crippen molar-refractivity contribution in [3.8, 4) is 0 Å². The molecular formula is C13H15N3O3. The highest BCUT2D eigenvalue weighted by molar-refractivity contribution is 5.77. The molecule has 0 spiro atoms. The van der Waals surface area contributed by atoms with Crippen molar-refractivity contribution in [2.75, 3.05) is 7.11 Å². The lowest BCUT2D eigenvalue weighted by molar-refractivity contribution is -0.143. The molecule has 19 heavy (non-hydrogen) atoms. The second kappa shape index (κ2) is 6.10. The number of aromatic nitrogens is 2. The average Bonchev–Trinajstić information content (AvgIpc) is 2.85. The van der Waals surface area contributed by atoms with Gasteiger partial charge in [-0.05, 0) is 5.56 Å². The molecule has 1 N–H and O–H groups in total. The Morgan fingerprint density at radius 2 is 2.16 bits per heavy atom. The molecule has 0 saturated heterocycles. The molecule has 0 aliphatic heterocycles. The molecule has 6 nitrogen and oxygen atoms in total. The van der Waals surface area contributed by atoms with Crippen LogP contribution in [0.4, 0.5) is 0 Å². The number of methoxy groups -OCH3 is 1. The van der Waals surface area contributed by atoms with E-state index in [-0.39, 0.29) is 5.97 Å². The van der Waals surface area contributed by atoms with Gasteiger partial charge in [-0.15, -0.1) is 0 Å². The monoisotopic (exact) mass is 261 g/mol. The number of nitrogens with zero attached hydrogens (tertiary/aromatic N) is 2. The second-order valence-corrected chi connectivity index (χ2v) is 3.98. The van der Waals surface area contributed by atoms with Gasteiger partial charge in [-0.25, -0.2) is 4.79 Å². The van der Waals surface area contributed by atoms with E-state index in [9.17, 15) is 4.79 Å². The van der Waals surface area contributed by atoms with Crippen molar-refractivity contribution in [2.45, 2.75) is 19.5 Å². The fourth-order valence-corrected chi connectivity index (χ4v) is 1.71. The van der Waals surface area contributed by atoms with Gasteiger partial charge < -0.3 is 9.26 Å². The summed E-state index contributed by atoms with van der Waals surface area (Å²) in [4.78, 5) is 15.9. The van der Waals surface area contributed by atoms with Crippen LogP contribution in [0.25, 0.3) is 0 Å². The number of hydrogen-bond acceptors (Lipinski definition) is 6. The Kier molecular flexibility index (Phi) is 4.25. The van der Waals surface area contributed by atoms with Crippen molar-refractivity contribution in [3.05, 3.63) is 47.6 Å². The first-order chi connectivity index (χ1) is 9.20. The Labute approximate surface area is 110 Å². The molecular weight excluding hydrogens is 246 g/mol. The summed E-state index contributed by atoms with van der Waals surface area (Å²) in [6, 6.07) is 8.79. The number of aryl methyl sites for hydroxylation is 1. The van der Waals surface area contributed by atoms with E-state index in [2.05, 4.69) is 15.5 Å². The Morgan fingerprint density at radius 1 is 1.42 bits per heavy atom. The van der Waals surface area contributed by atoms with Crippen LogP contribution in [0.5, 0.6) is 0 Å². The van der Waals surface area contributed by atoms with Crippen LogP contribution in [-0.4, -0.2) is 23.2 Å². The third-order valence-corrected chi connectivity index (χ3v) is 2.60. The summed E-state index contributed by atoms with van der Waals surface area (Å²) in [5.74, 6) is 0.639. The predicted molar refractivity (Wildman–Crippen MR) is 67.1 cm³/mol. The van der Waals surface area contributed by atoms with E-state index < -0.39 is 6.04 Å². The van der Waals surface area contributed by atoms with Crippen LogP contribution < -0.4 is 5.32 Å². The van der Waals surface area contributed by atoms with Gasteiger partial charge >= 0.3 is 5.97 Å². The van der Waals surface area contributed by atoms with Crippen molar-refractivity contribution in [2.24, 2.45) is 0 Å². The summed E-state index contributed by atoms with van der Waals surface area (Å²) in [5, 5.41) is 6.82. The fraction of sp³-hybridized carbons (Fsp3) is 0.308. The van der Waals surface area contributed by atoms with Crippen LogP contribution in [-0.2, 0) is 16.1 Å². The lowest BCUT2D eigenvalue weighted by Crippen LogP contribution is -2.29. The van der Waals surface area contributed by atoms with E-state index in [4.69, 9.17) is 9.26 Å². The van der Waals surface area contributed by atoms with Crippen LogP contribution in [0, 0.1) is 6.92 Å². The zero-order chi connectivity index (χ0) is 13.7. The Bertz CT molecular complexity index is 539. The van der Waals surface area contributed by atoms with Gasteiger partial charge in [0.1, 0.15) is 6.04 Å². The Balaban J connectivity index is 2.09. The molecule has 1 atom stereocenters. The number of esters is 1. The van der Waals surface area contributed by atoms with E-state index in [1.165, 1.54) is 7.11 Å². The third kappa shape index (κ3) is 3.38. The molecule has 6 heteroatoms. The lowest BCUT2D eigenvalue weighted by atomic mass is 10.1. The molecule has 0 saturated carbocycles. The Morgan fingerprint density at radius 3 is 2.74 bits per heavy atom. The number of nitrogens with one attached hydrogen (secondary N) is 1. The largest absolute Gasteiger partial charge is 0.468 e. The van der Waals surface area contributed by atoms with E-state index in [0.717, 1.165) is 5.56 Å². The summed E-state index contributed by atoms with van der Waals surface area (Å²) in [7, 11) is 1.36. The van der Waals surface area contributed by atoms with Crippen LogP contribution in [0.2, 0.25) is 0 Å². The summed E-state index contributed by atoms with van der Waals surface area (Å²) in [5.41, 5.74) is 0.828. The molecule has 1 heterocycles. The first kappa shape index (κ1) is 13.2. The van der Waals surface area contributed by atoms with E-state index in [1.54, 1.807) is 6.92 Å². The smallest absolute Gasteiger partial charge is 0.327 e. The minimum Gasteiger partial charge on any atom is -0.468 e. The lowest BCUT2D eigenvalue weighted by Gasteiger charge is -2.15. The van der Waals surface area contributed by atoms with Crippen LogP contribution in [0.15, 0.2) is 34.9 Å². The maximum Gasteiger partial charge on any atom is 0.327 e. The normalized spacial score (nSPS) is 12.1. The maximum atomic E-state index is 11.8. The Hall–Kier alpha value is -2.21. The number of carbonyl (C=O) groups is 1. The predicted octanol–water partition coefficient (Wildman–Crippen LogP) is 1.38. The van der Waals surface area contributed by atoms with E-state index in [0.29, 0.717) is 18.3 Å². The number of rotatable bonds is 5. The van der Waals surface area contributed by atoms with Gasteiger partial charge in [-0.1, -0.05) is 35.5 Å². The summed E-state index contributed by atoms with van der Waals surface area (Å²) in [6.07, 6.45) is 0. The minimum absolute atomic E-state index is 0.325. The highest BCUT2D eigenvalue weighted by Gasteiger charge is 2.21. The zero-order valence-corrected chi connectivity index (χ0v) is 10.8. The quantitative estimate of drug-likeness (QED) is 0.819. The molecule has 0 fully saturated rings. The van der Waals surface area contributed by atoms with Crippen LogP contribution in [0.1, 0.15) is 23.3 Å². The number of hydrogen-bond donors (Lipinski definition) is 1. The van der Waals surface area contributed by atoms with Gasteiger partial charge in [0.25, 0.3) is 0 Å². The summed E-state index contributed by atoms with van der Waals surface area (Å²) >= 11 is 0. The first-order valence-electron chi connectivity index (χ1n) is 5.86. The van der Waals surface area contributed by atoms with Crippen molar-refractivity contribution < 1.29 is 14.1 Å². The van der Waals surface area contributed by atoms with Crippen molar-refractivity contribution in [1.82, 2.24) is 15.5 Å². The molecule has 1 unspecified atom stereocenters. The van der Waals surface area contributed by atoms with Crippen LogP contribution >= 0.6 is 0 Å². The molecule has 100 valence electrons. The number of ether oxygens (including phenoxy) is 1. The molecule has 0 radical (unpaired) electrons. The highest BCUT2D eigenvalue weighted by atomic mass is 16.5. The third-order valence-electron chi connectivity index (χ3n) is 2.60. The molecule has 0 amide bonds. The topological polar surface area (TPSA) is 77.2 Å². The van der Waals surface area contributed by atoms with Gasteiger partial charge in [0.2, 0.25) is 5.89 Å². The zero-order valence-electron chi connectivity index (χ0n) is 10.8. The van der Waals surface area contributed by atoms with Gasteiger partial charge in [0.15, 0.2) is 5.82 Å². The van der Waals surface area contributed by atoms with Crippen molar-refractivity contribution in [1.29, 1.82) is 0 Å². The van der Waals surface area contributed by atoms with Crippen molar-refractivity contribution >= 4 is 5.97 Å². The standard InChI is InChI=1S/C13H15N3O3/c1-9-15-11(16-19-9)8-14-12(13(17)18-2)10-6-4-3-5-7-10/h3-7,12,14H,8H2,1-2H3. The van der Waals surface area contributed by atoms with Crippen LogP contribution in [0.3, 0.4) is 0 Å². The SMILES string of the molecule is COC(=O)C(NCc1noc(C)n1)c1ccccc1. The molecule has 2 aromatic rings. The first-order valence-corrected chi connectivity index (χ1v) is 5.86. The minimum atomic E-state index is -0.551. The van der Waals surface area contributed by atoms with Gasteiger partial charge in [0.05, 0.1) is 13.7 Å². The molecule has 1 aromatic heterocycles. The molecule has 0 aliphatic rings. The average molecular weight is 261 g/mol. The summed E-state index contributed by atoms with van der Waals surface area (Å²) < 4.78 is 9.67. The number of benzene rings is 1. The van der Waals surface area contributed by atoms with Crippen molar-refractivity contribution in [3.63, 3.8) is 0 Å². The second-order valence-electron chi connectivity index (χ2n) is 3.98. The summed E-state index contributed by atoms with van der Waals surface area (Å²) in [6.45, 7) is 2.04. The molecule has 2 rings (SSSR count). The van der Waals surface area contributed by atoms with Gasteiger partial charge in [0, 0.05) is 6.92 Å². The highest BCUT2D eigenvalue weighted by Crippen LogP contribution is 2.14. The van der Waals surface area contributed by atoms with E-state index in [1.807, 2.05) is 30.3 Å². The van der Waals surface area contributed by atoms with E-state index >= 15 is 0 Å². The van der Waals surface area contributed by atoms with Gasteiger partial charge in [-0.3, -0.25) is 5.32 Å². The molecule has 1 aromatic carbocycles. The maximum absolute atomic E-state index is 11.8. The molecule has 0 aliphatic carbocycles. The van der Waals surface area contributed by atoms with Gasteiger partial charge in [-0.2, -0.15) is 4.98 Å². The number of carbonyl (C=O) groups excluding carboxylic acids is 1. The fourth-order valence-electron chi connectivity index (χ4n) is 1.71.